The van der Waals surface area contributed by atoms with Crippen LogP contribution in [0, 0.1) is 5.82 Å². The Morgan fingerprint density at radius 3 is 2.54 bits per heavy atom. The van der Waals surface area contributed by atoms with Crippen LogP contribution in [0.3, 0.4) is 0 Å². The number of ether oxygens (including phenoxy) is 1. The summed E-state index contributed by atoms with van der Waals surface area (Å²) < 4.78 is 18.7. The molecule has 0 aromatic heterocycles. The topological polar surface area (TPSA) is 67.4 Å². The van der Waals surface area contributed by atoms with Crippen molar-refractivity contribution in [3.63, 3.8) is 0 Å². The minimum absolute atomic E-state index is 0.164. The summed E-state index contributed by atoms with van der Waals surface area (Å²) >= 11 is 0. The van der Waals surface area contributed by atoms with Gasteiger partial charge >= 0.3 is 0 Å². The molecule has 0 unspecified atom stereocenters. The Morgan fingerprint density at radius 2 is 1.88 bits per heavy atom. The van der Waals surface area contributed by atoms with E-state index >= 15 is 0 Å². The number of rotatable bonds is 7. The van der Waals surface area contributed by atoms with E-state index < -0.39 is 0 Å². The molecule has 0 aliphatic rings. The lowest BCUT2D eigenvalue weighted by Gasteiger charge is -2.09. The highest BCUT2D eigenvalue weighted by atomic mass is 19.1. The third-order valence-corrected chi connectivity index (χ3v) is 3.16. The van der Waals surface area contributed by atoms with Gasteiger partial charge in [0.15, 0.2) is 0 Å². The molecule has 2 aromatic rings. The Balaban J connectivity index is 1.80. The summed E-state index contributed by atoms with van der Waals surface area (Å²) in [6.45, 7) is 1.97. The normalized spacial score (nSPS) is 10.1. The number of amides is 2. The molecule has 0 aliphatic heterocycles. The van der Waals surface area contributed by atoms with E-state index in [0.717, 1.165) is 5.56 Å². The lowest BCUT2D eigenvalue weighted by Crippen LogP contribution is -2.25. The van der Waals surface area contributed by atoms with Gasteiger partial charge in [-0.15, -0.1) is 0 Å². The molecule has 126 valence electrons. The Bertz CT molecular complexity index is 702. The van der Waals surface area contributed by atoms with Crippen molar-refractivity contribution in [2.75, 3.05) is 11.9 Å². The maximum absolute atomic E-state index is 13.1. The summed E-state index contributed by atoms with van der Waals surface area (Å²) in [6.07, 6.45) is 0.206. The van der Waals surface area contributed by atoms with Crippen LogP contribution in [0.5, 0.6) is 5.75 Å². The smallest absolute Gasteiger partial charge is 0.226 e. The molecular weight excluding hydrogens is 311 g/mol. The fraction of sp³-hybridized carbons (Fsp3) is 0.222. The van der Waals surface area contributed by atoms with Gasteiger partial charge in [0.05, 0.1) is 0 Å². The van der Waals surface area contributed by atoms with Crippen molar-refractivity contribution < 1.29 is 18.7 Å². The first-order valence-corrected chi connectivity index (χ1v) is 7.54. The molecule has 0 spiro atoms. The molecule has 24 heavy (non-hydrogen) atoms. The number of nitrogens with one attached hydrogen (secondary N) is 2. The fourth-order valence-corrected chi connectivity index (χ4v) is 2.00. The van der Waals surface area contributed by atoms with Gasteiger partial charge in [-0.1, -0.05) is 12.1 Å². The molecule has 2 N–H and O–H groups in total. The first-order valence-electron chi connectivity index (χ1n) is 7.54. The third-order valence-electron chi connectivity index (χ3n) is 3.16. The van der Waals surface area contributed by atoms with Crippen LogP contribution in [0.4, 0.5) is 10.1 Å². The molecule has 5 nitrogen and oxygen atoms in total. The van der Waals surface area contributed by atoms with Gasteiger partial charge in [0, 0.05) is 25.6 Å². The van der Waals surface area contributed by atoms with Crippen molar-refractivity contribution in [2.24, 2.45) is 0 Å². The number of halogens is 1. The minimum Gasteiger partial charge on any atom is -0.489 e. The van der Waals surface area contributed by atoms with Gasteiger partial charge < -0.3 is 15.4 Å². The van der Waals surface area contributed by atoms with Crippen LogP contribution >= 0.6 is 0 Å². The van der Waals surface area contributed by atoms with E-state index in [1.54, 1.807) is 36.4 Å². The first kappa shape index (κ1) is 17.5. The van der Waals surface area contributed by atoms with E-state index in [1.165, 1.54) is 19.1 Å². The zero-order chi connectivity index (χ0) is 17.4. The average molecular weight is 330 g/mol. The molecule has 2 aromatic carbocycles. The number of hydrogen-bond donors (Lipinski definition) is 2. The monoisotopic (exact) mass is 330 g/mol. The van der Waals surface area contributed by atoms with Crippen molar-refractivity contribution in [1.29, 1.82) is 0 Å². The molecular formula is C18H19FN2O3. The second-order valence-electron chi connectivity index (χ2n) is 5.22. The second kappa shape index (κ2) is 8.67. The number of carbonyl (C=O) groups is 2. The molecule has 0 atom stereocenters. The van der Waals surface area contributed by atoms with Crippen LogP contribution in [-0.2, 0) is 16.2 Å². The largest absolute Gasteiger partial charge is 0.489 e. The molecule has 2 rings (SSSR count). The van der Waals surface area contributed by atoms with Crippen LogP contribution in [0.2, 0.25) is 0 Å². The van der Waals surface area contributed by atoms with Crippen LogP contribution in [-0.4, -0.2) is 18.4 Å². The van der Waals surface area contributed by atoms with Crippen molar-refractivity contribution in [2.45, 2.75) is 20.0 Å². The van der Waals surface area contributed by atoms with Gasteiger partial charge in [0.2, 0.25) is 11.8 Å². The molecule has 0 bridgehead atoms. The number of benzene rings is 2. The van der Waals surface area contributed by atoms with Gasteiger partial charge in [-0.3, -0.25) is 9.59 Å². The highest BCUT2D eigenvalue weighted by Crippen LogP contribution is 2.17. The molecule has 0 fully saturated rings. The average Bonchev–Trinajstić information content (AvgIpc) is 2.54. The Kier molecular flexibility index (Phi) is 6.31. The molecule has 0 saturated carbocycles. The Hall–Kier alpha value is -2.89. The van der Waals surface area contributed by atoms with Gasteiger partial charge in [0.1, 0.15) is 18.2 Å². The van der Waals surface area contributed by atoms with Gasteiger partial charge in [-0.25, -0.2) is 4.39 Å². The van der Waals surface area contributed by atoms with Crippen LogP contribution < -0.4 is 15.4 Å². The van der Waals surface area contributed by atoms with E-state index in [9.17, 15) is 14.0 Å². The maximum Gasteiger partial charge on any atom is 0.226 e. The summed E-state index contributed by atoms with van der Waals surface area (Å²) in [6, 6.07) is 13.1. The second-order valence-corrected chi connectivity index (χ2v) is 5.22. The number of carbonyl (C=O) groups excluding carboxylic acids is 2. The number of anilines is 1. The van der Waals surface area contributed by atoms with Crippen LogP contribution in [0.1, 0.15) is 18.9 Å². The zero-order valence-electron chi connectivity index (χ0n) is 13.3. The van der Waals surface area contributed by atoms with Crippen molar-refractivity contribution in [3.05, 3.63) is 59.9 Å². The highest BCUT2D eigenvalue weighted by molar-refractivity contribution is 5.91. The van der Waals surface area contributed by atoms with Crippen molar-refractivity contribution in [3.8, 4) is 5.75 Å². The SMILES string of the molecule is CC(=O)NCCC(=O)Nc1ccc(OCc2cccc(F)c2)cc1. The summed E-state index contributed by atoms with van der Waals surface area (Å²) in [5.41, 5.74) is 1.38. The van der Waals surface area contributed by atoms with E-state index in [4.69, 9.17) is 4.74 Å². The fourth-order valence-electron chi connectivity index (χ4n) is 2.00. The predicted octanol–water partition coefficient (Wildman–Crippen LogP) is 2.87. The minimum atomic E-state index is -0.298. The molecule has 6 heteroatoms. The van der Waals surface area contributed by atoms with E-state index in [2.05, 4.69) is 10.6 Å². The summed E-state index contributed by atoms with van der Waals surface area (Å²) in [5.74, 6) is -0.0243. The standard InChI is InChI=1S/C18H19FN2O3/c1-13(22)20-10-9-18(23)21-16-5-7-17(8-6-16)24-12-14-3-2-4-15(19)11-14/h2-8,11H,9-10,12H2,1H3,(H,20,22)(H,21,23). The summed E-state index contributed by atoms with van der Waals surface area (Å²) in [7, 11) is 0. The van der Waals surface area contributed by atoms with Gasteiger partial charge in [0.25, 0.3) is 0 Å². The highest BCUT2D eigenvalue weighted by Gasteiger charge is 2.03. The zero-order valence-corrected chi connectivity index (χ0v) is 13.3. The molecule has 0 aliphatic carbocycles. The lowest BCUT2D eigenvalue weighted by atomic mass is 10.2. The van der Waals surface area contributed by atoms with Gasteiger partial charge in [-0.05, 0) is 42.0 Å². The van der Waals surface area contributed by atoms with Crippen molar-refractivity contribution in [1.82, 2.24) is 5.32 Å². The molecule has 2 amide bonds. The Labute approximate surface area is 139 Å². The molecule has 0 heterocycles. The molecule has 0 saturated heterocycles. The van der Waals surface area contributed by atoms with Crippen molar-refractivity contribution >= 4 is 17.5 Å². The van der Waals surface area contributed by atoms with E-state index in [0.29, 0.717) is 18.0 Å². The lowest BCUT2D eigenvalue weighted by molar-refractivity contribution is -0.119. The van der Waals surface area contributed by atoms with Crippen LogP contribution in [0.25, 0.3) is 0 Å². The van der Waals surface area contributed by atoms with Gasteiger partial charge in [-0.2, -0.15) is 0 Å². The molecule has 0 radical (unpaired) electrons. The maximum atomic E-state index is 13.1. The summed E-state index contributed by atoms with van der Waals surface area (Å²) in [4.78, 5) is 22.4. The third kappa shape index (κ3) is 6.08. The van der Waals surface area contributed by atoms with E-state index in [-0.39, 0.29) is 30.7 Å². The first-order chi connectivity index (χ1) is 11.5. The predicted molar refractivity (Wildman–Crippen MR) is 89.1 cm³/mol. The number of hydrogen-bond acceptors (Lipinski definition) is 3. The Morgan fingerprint density at radius 1 is 1.12 bits per heavy atom. The van der Waals surface area contributed by atoms with E-state index in [1.807, 2.05) is 0 Å². The quantitative estimate of drug-likeness (QED) is 0.820. The van der Waals surface area contributed by atoms with Crippen LogP contribution in [0.15, 0.2) is 48.5 Å². The summed E-state index contributed by atoms with van der Waals surface area (Å²) in [5, 5.41) is 5.29.